The Morgan fingerprint density at radius 3 is 2.75 bits per heavy atom. The number of amides is 1. The maximum Gasteiger partial charge on any atom is 0.255 e. The number of fused-ring (bicyclic) bond motifs is 1. The van der Waals surface area contributed by atoms with E-state index in [-0.39, 0.29) is 18.1 Å². The van der Waals surface area contributed by atoms with E-state index < -0.39 is 0 Å². The number of nitrogens with zero attached hydrogens (tertiary/aromatic N) is 1. The van der Waals surface area contributed by atoms with Crippen LogP contribution < -0.4 is 9.47 Å². The first-order valence-corrected chi connectivity index (χ1v) is 9.22. The van der Waals surface area contributed by atoms with Gasteiger partial charge in [0.05, 0.1) is 0 Å². The van der Waals surface area contributed by atoms with E-state index in [1.165, 1.54) is 5.56 Å². The Balaban J connectivity index is 1.58. The molecule has 4 rings (SSSR count). The molecule has 0 aliphatic carbocycles. The highest BCUT2D eigenvalue weighted by Gasteiger charge is 2.32. The second-order valence-corrected chi connectivity index (χ2v) is 7.07. The molecule has 2 aliphatic heterocycles. The van der Waals surface area contributed by atoms with Crippen LogP contribution in [0.4, 0.5) is 0 Å². The Bertz CT molecular complexity index is 760. The molecule has 2 aromatic rings. The second kappa shape index (κ2) is 6.40. The number of rotatable bonds is 3. The molecular weight excluding hydrogens is 322 g/mol. The number of carbonyl (C=O) groups is 1. The average Bonchev–Trinajstić information content (AvgIpc) is 3.29. The highest BCUT2D eigenvalue weighted by molar-refractivity contribution is 7.99. The molecule has 1 atom stereocenters. The normalized spacial score (nSPS) is 18.9. The van der Waals surface area contributed by atoms with Crippen LogP contribution in [0.25, 0.3) is 0 Å². The van der Waals surface area contributed by atoms with Gasteiger partial charge in [0.25, 0.3) is 5.91 Å². The van der Waals surface area contributed by atoms with E-state index in [1.807, 2.05) is 47.4 Å². The first-order valence-electron chi connectivity index (χ1n) is 8.17. The summed E-state index contributed by atoms with van der Waals surface area (Å²) in [6.07, 6.45) is 0.980. The van der Waals surface area contributed by atoms with Crippen molar-refractivity contribution in [3.63, 3.8) is 0 Å². The van der Waals surface area contributed by atoms with Gasteiger partial charge >= 0.3 is 0 Å². The van der Waals surface area contributed by atoms with Gasteiger partial charge < -0.3 is 14.4 Å². The van der Waals surface area contributed by atoms with Crippen molar-refractivity contribution in [1.29, 1.82) is 0 Å². The molecule has 124 valence electrons. The smallest absolute Gasteiger partial charge is 0.255 e. The quantitative estimate of drug-likeness (QED) is 0.850. The van der Waals surface area contributed by atoms with Gasteiger partial charge in [-0.3, -0.25) is 4.79 Å². The highest BCUT2D eigenvalue weighted by Crippen LogP contribution is 2.42. The highest BCUT2D eigenvalue weighted by atomic mass is 32.2. The Kier molecular flexibility index (Phi) is 4.10. The third-order valence-corrected chi connectivity index (χ3v) is 5.70. The van der Waals surface area contributed by atoms with E-state index in [4.69, 9.17) is 9.47 Å². The molecule has 1 fully saturated rings. The molecule has 2 aromatic carbocycles. The summed E-state index contributed by atoms with van der Waals surface area (Å²) in [5.74, 6) is 2.57. The molecular formula is C19H19NO3S. The van der Waals surface area contributed by atoms with Gasteiger partial charge in [-0.05, 0) is 41.8 Å². The topological polar surface area (TPSA) is 38.8 Å². The third-order valence-electron chi connectivity index (χ3n) is 4.44. The summed E-state index contributed by atoms with van der Waals surface area (Å²) in [4.78, 5) is 14.9. The molecule has 2 heterocycles. The molecule has 0 aromatic heterocycles. The number of hydrogen-bond donors (Lipinski definition) is 0. The number of carbonyl (C=O) groups excluding carboxylic acids is 1. The van der Waals surface area contributed by atoms with Crippen LogP contribution >= 0.6 is 11.8 Å². The molecule has 1 unspecified atom stereocenters. The minimum Gasteiger partial charge on any atom is -0.454 e. The van der Waals surface area contributed by atoms with Gasteiger partial charge in [-0.2, -0.15) is 0 Å². The van der Waals surface area contributed by atoms with Crippen LogP contribution in [0.2, 0.25) is 0 Å². The largest absolute Gasteiger partial charge is 0.454 e. The summed E-state index contributed by atoms with van der Waals surface area (Å²) in [5.41, 5.74) is 3.08. The van der Waals surface area contributed by atoms with E-state index in [0.29, 0.717) is 0 Å². The summed E-state index contributed by atoms with van der Waals surface area (Å²) in [6, 6.07) is 13.9. The fraction of sp³-hybridized carbons (Fsp3) is 0.316. The van der Waals surface area contributed by atoms with Crippen LogP contribution in [0, 0.1) is 0 Å². The molecule has 0 spiro atoms. The van der Waals surface area contributed by atoms with Crippen molar-refractivity contribution in [1.82, 2.24) is 4.90 Å². The van der Waals surface area contributed by atoms with E-state index in [2.05, 4.69) is 6.92 Å². The lowest BCUT2D eigenvalue weighted by molar-refractivity contribution is 0.0760. The molecule has 4 nitrogen and oxygen atoms in total. The van der Waals surface area contributed by atoms with Crippen molar-refractivity contribution in [2.75, 3.05) is 19.1 Å². The molecule has 0 bridgehead atoms. The standard InChI is InChI=1S/C19H19NO3S/c1-2-13-3-5-14(6-4-13)18(21)20-9-10-24-19(20)15-7-8-16-17(11-15)23-12-22-16/h3-8,11,19H,2,9-10,12H2,1H3. The molecule has 1 amide bonds. The van der Waals surface area contributed by atoms with Crippen LogP contribution in [-0.2, 0) is 6.42 Å². The fourth-order valence-corrected chi connectivity index (χ4v) is 4.32. The molecule has 0 radical (unpaired) electrons. The minimum absolute atomic E-state index is 0.0258. The summed E-state index contributed by atoms with van der Waals surface area (Å²) in [5, 5.41) is 0.0258. The van der Waals surface area contributed by atoms with E-state index in [0.717, 1.165) is 41.3 Å². The lowest BCUT2D eigenvalue weighted by atomic mass is 10.1. The monoisotopic (exact) mass is 341 g/mol. The van der Waals surface area contributed by atoms with E-state index in [9.17, 15) is 4.79 Å². The van der Waals surface area contributed by atoms with Crippen molar-refractivity contribution in [3.05, 3.63) is 59.2 Å². The van der Waals surface area contributed by atoms with Crippen LogP contribution in [0.5, 0.6) is 11.5 Å². The van der Waals surface area contributed by atoms with E-state index >= 15 is 0 Å². The van der Waals surface area contributed by atoms with Crippen molar-refractivity contribution in [3.8, 4) is 11.5 Å². The van der Waals surface area contributed by atoms with Crippen LogP contribution in [0.1, 0.15) is 33.8 Å². The van der Waals surface area contributed by atoms with Gasteiger partial charge in [-0.1, -0.05) is 25.1 Å². The van der Waals surface area contributed by atoms with Gasteiger partial charge in [-0.15, -0.1) is 11.8 Å². The molecule has 0 saturated carbocycles. The predicted molar refractivity (Wildman–Crippen MR) is 94.6 cm³/mol. The average molecular weight is 341 g/mol. The Morgan fingerprint density at radius 1 is 1.17 bits per heavy atom. The maximum absolute atomic E-state index is 12.9. The lowest BCUT2D eigenvalue weighted by Gasteiger charge is -2.24. The predicted octanol–water partition coefficient (Wildman–Crippen LogP) is 3.87. The van der Waals surface area contributed by atoms with Gasteiger partial charge in [0, 0.05) is 17.9 Å². The third kappa shape index (κ3) is 2.73. The number of hydrogen-bond acceptors (Lipinski definition) is 4. The molecule has 0 N–H and O–H groups in total. The van der Waals surface area contributed by atoms with Crippen molar-refractivity contribution < 1.29 is 14.3 Å². The zero-order chi connectivity index (χ0) is 16.5. The van der Waals surface area contributed by atoms with Crippen molar-refractivity contribution in [2.24, 2.45) is 0 Å². The van der Waals surface area contributed by atoms with Gasteiger partial charge in [0.1, 0.15) is 5.37 Å². The first kappa shape index (κ1) is 15.4. The number of thioether (sulfide) groups is 1. The van der Waals surface area contributed by atoms with Crippen molar-refractivity contribution >= 4 is 17.7 Å². The van der Waals surface area contributed by atoms with Crippen LogP contribution in [0.3, 0.4) is 0 Å². The molecule has 2 aliphatic rings. The zero-order valence-corrected chi connectivity index (χ0v) is 14.3. The summed E-state index contributed by atoms with van der Waals surface area (Å²) >= 11 is 1.79. The lowest BCUT2D eigenvalue weighted by Crippen LogP contribution is -2.30. The molecule has 24 heavy (non-hydrogen) atoms. The van der Waals surface area contributed by atoms with Gasteiger partial charge in [0.2, 0.25) is 6.79 Å². The van der Waals surface area contributed by atoms with Crippen LogP contribution in [0.15, 0.2) is 42.5 Å². The molecule has 1 saturated heterocycles. The zero-order valence-electron chi connectivity index (χ0n) is 13.5. The summed E-state index contributed by atoms with van der Waals surface area (Å²) < 4.78 is 10.8. The van der Waals surface area contributed by atoms with E-state index in [1.54, 1.807) is 11.8 Å². The van der Waals surface area contributed by atoms with Gasteiger partial charge in [-0.25, -0.2) is 0 Å². The Hall–Kier alpha value is -2.14. The maximum atomic E-state index is 12.9. The Morgan fingerprint density at radius 2 is 1.96 bits per heavy atom. The minimum atomic E-state index is 0.0258. The number of ether oxygens (including phenoxy) is 2. The summed E-state index contributed by atoms with van der Waals surface area (Å²) in [7, 11) is 0. The van der Waals surface area contributed by atoms with Crippen molar-refractivity contribution in [2.45, 2.75) is 18.7 Å². The second-order valence-electron chi connectivity index (χ2n) is 5.88. The van der Waals surface area contributed by atoms with Crippen LogP contribution in [-0.4, -0.2) is 29.9 Å². The van der Waals surface area contributed by atoms with Gasteiger partial charge in [0.15, 0.2) is 11.5 Å². The number of aryl methyl sites for hydroxylation is 1. The molecule has 5 heteroatoms. The fourth-order valence-electron chi connectivity index (χ4n) is 3.07. The number of benzene rings is 2. The summed E-state index contributed by atoms with van der Waals surface area (Å²) in [6.45, 7) is 3.14. The Labute approximate surface area is 145 Å². The SMILES string of the molecule is CCc1ccc(C(=O)N2CCSC2c2ccc3c(c2)OCO3)cc1. The first-order chi connectivity index (χ1) is 11.8.